The number of anilines is 1. The number of aromatic nitrogens is 1. The largest absolute Gasteiger partial charge is 0.448 e. The predicted octanol–water partition coefficient (Wildman–Crippen LogP) is 5.57. The number of carbonyl (C=O) groups is 1. The van der Waals surface area contributed by atoms with Gasteiger partial charge in [-0.25, -0.2) is 9.78 Å². The van der Waals surface area contributed by atoms with Crippen LogP contribution in [-0.2, 0) is 4.74 Å². The molecule has 0 saturated carbocycles. The fraction of sp³-hybridized carbons (Fsp3) is 0.158. The van der Waals surface area contributed by atoms with Crippen LogP contribution in [0.3, 0.4) is 0 Å². The molecule has 3 aromatic rings. The van der Waals surface area contributed by atoms with Crippen molar-refractivity contribution < 1.29 is 9.53 Å². The first-order chi connectivity index (χ1) is 12.2. The number of aryl methyl sites for hydroxylation is 1. The average Bonchev–Trinajstić information content (AvgIpc) is 3.03. The summed E-state index contributed by atoms with van der Waals surface area (Å²) in [6.07, 6.45) is -0.510. The van der Waals surface area contributed by atoms with Gasteiger partial charge in [-0.05, 0) is 19.1 Å². The van der Waals surface area contributed by atoms with Crippen LogP contribution in [0.4, 0.5) is 10.5 Å². The van der Waals surface area contributed by atoms with Crippen LogP contribution in [0, 0.1) is 6.92 Å². The van der Waals surface area contributed by atoms with Gasteiger partial charge in [-0.2, -0.15) is 0 Å². The van der Waals surface area contributed by atoms with Gasteiger partial charge in [0.25, 0.3) is 0 Å². The van der Waals surface area contributed by atoms with Crippen LogP contribution in [0.2, 0.25) is 0 Å². The van der Waals surface area contributed by atoms with Gasteiger partial charge in [0.2, 0.25) is 0 Å². The molecule has 2 aromatic carbocycles. The monoisotopic (exact) mass is 372 g/mol. The van der Waals surface area contributed by atoms with Gasteiger partial charge in [0.15, 0.2) is 0 Å². The summed E-state index contributed by atoms with van der Waals surface area (Å²) < 4.78 is 4.89. The zero-order chi connectivity index (χ0) is 17.6. The van der Waals surface area contributed by atoms with E-state index in [9.17, 15) is 4.79 Å². The van der Waals surface area contributed by atoms with E-state index in [2.05, 4.69) is 24.4 Å². The Morgan fingerprint density at radius 1 is 1.12 bits per heavy atom. The van der Waals surface area contributed by atoms with E-state index in [-0.39, 0.29) is 12.5 Å². The van der Waals surface area contributed by atoms with Crippen LogP contribution in [0.1, 0.15) is 4.88 Å². The summed E-state index contributed by atoms with van der Waals surface area (Å²) in [5, 5.41) is 3.66. The van der Waals surface area contributed by atoms with E-state index in [1.54, 1.807) is 11.3 Å². The third-order valence-corrected chi connectivity index (χ3v) is 4.71. The molecule has 0 aliphatic carbocycles. The molecule has 1 N–H and O–H groups in total. The molecule has 25 heavy (non-hydrogen) atoms. The van der Waals surface area contributed by atoms with Crippen LogP contribution in [-0.4, -0.2) is 23.6 Å². The van der Waals surface area contributed by atoms with Gasteiger partial charge in [0.1, 0.15) is 11.6 Å². The van der Waals surface area contributed by atoms with Gasteiger partial charge in [0, 0.05) is 21.7 Å². The fourth-order valence-corrected chi connectivity index (χ4v) is 3.38. The maximum absolute atomic E-state index is 11.5. The Hall–Kier alpha value is -2.37. The lowest BCUT2D eigenvalue weighted by atomic mass is 10.1. The molecule has 1 amide bonds. The molecule has 0 aliphatic rings. The Bertz CT molecular complexity index is 848. The zero-order valence-electron chi connectivity index (χ0n) is 13.7. The van der Waals surface area contributed by atoms with Crippen molar-refractivity contribution in [3.8, 4) is 21.8 Å². The molecule has 1 aromatic heterocycles. The maximum atomic E-state index is 11.5. The molecule has 0 atom stereocenters. The first-order valence-electron chi connectivity index (χ1n) is 7.80. The molecule has 0 unspecified atom stereocenters. The number of hydrogen-bond donors (Lipinski definition) is 1. The predicted molar refractivity (Wildman–Crippen MR) is 103 cm³/mol. The number of benzene rings is 2. The molecular weight excluding hydrogens is 356 g/mol. The summed E-state index contributed by atoms with van der Waals surface area (Å²) in [5.74, 6) is 0.277. The Balaban J connectivity index is 1.76. The molecule has 1 heterocycles. The molecule has 0 bridgehead atoms. The van der Waals surface area contributed by atoms with E-state index in [0.717, 1.165) is 26.7 Å². The maximum Gasteiger partial charge on any atom is 0.411 e. The number of carbonyl (C=O) groups excluding carboxylic acids is 1. The number of hydrogen-bond acceptors (Lipinski definition) is 4. The molecule has 0 spiro atoms. The van der Waals surface area contributed by atoms with Gasteiger partial charge in [-0.1, -0.05) is 42.5 Å². The normalized spacial score (nSPS) is 10.5. The second-order valence-electron chi connectivity index (χ2n) is 5.32. The first-order valence-corrected chi connectivity index (χ1v) is 9.15. The van der Waals surface area contributed by atoms with Crippen LogP contribution >= 0.6 is 22.9 Å². The second kappa shape index (κ2) is 8.14. The van der Waals surface area contributed by atoms with Crippen molar-refractivity contribution in [2.45, 2.75) is 6.92 Å². The number of halogens is 1. The Labute approximate surface area is 155 Å². The number of nitrogens with one attached hydrogen (secondary N) is 1. The van der Waals surface area contributed by atoms with Crippen molar-refractivity contribution in [1.82, 2.24) is 4.98 Å². The Kier molecular flexibility index (Phi) is 5.68. The van der Waals surface area contributed by atoms with Gasteiger partial charge in [-0.3, -0.25) is 5.32 Å². The number of thiazole rings is 1. The van der Waals surface area contributed by atoms with Crippen LogP contribution in [0.25, 0.3) is 21.8 Å². The van der Waals surface area contributed by atoms with Crippen LogP contribution < -0.4 is 5.32 Å². The Morgan fingerprint density at radius 3 is 2.52 bits per heavy atom. The highest BCUT2D eigenvalue weighted by molar-refractivity contribution is 7.15. The van der Waals surface area contributed by atoms with Gasteiger partial charge in [0.05, 0.1) is 11.6 Å². The molecule has 0 fully saturated rings. The van der Waals surface area contributed by atoms with E-state index in [1.807, 2.05) is 42.5 Å². The summed E-state index contributed by atoms with van der Waals surface area (Å²) in [7, 11) is 0. The third-order valence-electron chi connectivity index (χ3n) is 3.53. The molecule has 3 rings (SSSR count). The smallest absolute Gasteiger partial charge is 0.411 e. The highest BCUT2D eigenvalue weighted by atomic mass is 35.5. The highest BCUT2D eigenvalue weighted by Gasteiger charge is 2.11. The van der Waals surface area contributed by atoms with Crippen LogP contribution in [0.15, 0.2) is 54.6 Å². The molecule has 0 saturated heterocycles. The lowest BCUT2D eigenvalue weighted by molar-refractivity contribution is 0.168. The van der Waals surface area contributed by atoms with Crippen LogP contribution in [0.5, 0.6) is 0 Å². The van der Waals surface area contributed by atoms with E-state index in [0.29, 0.717) is 5.69 Å². The minimum absolute atomic E-state index is 0.186. The van der Waals surface area contributed by atoms with Crippen molar-refractivity contribution in [2.75, 3.05) is 17.8 Å². The van der Waals surface area contributed by atoms with Crippen molar-refractivity contribution >= 4 is 34.7 Å². The van der Waals surface area contributed by atoms with Crippen molar-refractivity contribution in [3.63, 3.8) is 0 Å². The lowest BCUT2D eigenvalue weighted by Gasteiger charge is -2.06. The first kappa shape index (κ1) is 17.5. The number of nitrogens with zero attached hydrogens (tertiary/aromatic N) is 1. The van der Waals surface area contributed by atoms with Gasteiger partial charge in [-0.15, -0.1) is 22.9 Å². The fourth-order valence-electron chi connectivity index (χ4n) is 2.37. The molecule has 4 nitrogen and oxygen atoms in total. The van der Waals surface area contributed by atoms with E-state index in [1.165, 1.54) is 0 Å². The number of alkyl halides is 1. The standard InChI is InChI=1S/C19H17ClN2O2S/c1-13-17(22-18(25-13)15-5-3-2-4-6-15)14-7-9-16(10-8-14)21-19(23)24-12-11-20/h2-10H,11-12H2,1H3,(H,21,23). The number of ether oxygens (including phenoxy) is 1. The number of rotatable bonds is 5. The molecular formula is C19H17ClN2O2S. The van der Waals surface area contributed by atoms with Crippen molar-refractivity contribution in [3.05, 3.63) is 59.5 Å². The van der Waals surface area contributed by atoms with E-state index in [4.69, 9.17) is 21.3 Å². The van der Waals surface area contributed by atoms with E-state index < -0.39 is 6.09 Å². The zero-order valence-corrected chi connectivity index (χ0v) is 15.2. The average molecular weight is 373 g/mol. The van der Waals surface area contributed by atoms with Crippen molar-refractivity contribution in [1.29, 1.82) is 0 Å². The van der Waals surface area contributed by atoms with Gasteiger partial charge < -0.3 is 4.74 Å². The summed E-state index contributed by atoms with van der Waals surface area (Å²) in [6.45, 7) is 2.25. The van der Waals surface area contributed by atoms with E-state index >= 15 is 0 Å². The SMILES string of the molecule is Cc1sc(-c2ccccc2)nc1-c1ccc(NC(=O)OCCCl)cc1. The summed E-state index contributed by atoms with van der Waals surface area (Å²) >= 11 is 7.16. The Morgan fingerprint density at radius 2 is 1.84 bits per heavy atom. The quantitative estimate of drug-likeness (QED) is 0.595. The summed E-state index contributed by atoms with van der Waals surface area (Å²) in [5.41, 5.74) is 3.75. The molecule has 128 valence electrons. The number of amides is 1. The third kappa shape index (κ3) is 4.38. The molecule has 6 heteroatoms. The highest BCUT2D eigenvalue weighted by Crippen LogP contribution is 2.33. The lowest BCUT2D eigenvalue weighted by Crippen LogP contribution is -2.14. The second-order valence-corrected chi connectivity index (χ2v) is 6.90. The van der Waals surface area contributed by atoms with Crippen molar-refractivity contribution in [2.24, 2.45) is 0 Å². The minimum atomic E-state index is -0.510. The van der Waals surface area contributed by atoms with Gasteiger partial charge >= 0.3 is 6.09 Å². The molecule has 0 radical (unpaired) electrons. The topological polar surface area (TPSA) is 51.2 Å². The summed E-state index contributed by atoms with van der Waals surface area (Å²) in [6, 6.07) is 17.7. The molecule has 0 aliphatic heterocycles. The minimum Gasteiger partial charge on any atom is -0.448 e. The summed E-state index contributed by atoms with van der Waals surface area (Å²) in [4.78, 5) is 17.5.